The Morgan fingerprint density at radius 1 is 0.789 bits per heavy atom. The van der Waals surface area contributed by atoms with Crippen molar-refractivity contribution in [2.24, 2.45) is 7.05 Å². The van der Waals surface area contributed by atoms with Crippen molar-refractivity contribution in [3.05, 3.63) is 79.1 Å². The molecule has 0 N–H and O–H groups in total. The molecule has 0 aliphatic rings. The van der Waals surface area contributed by atoms with E-state index in [9.17, 15) is 0 Å². The van der Waals surface area contributed by atoms with E-state index in [0.717, 1.165) is 0 Å². The van der Waals surface area contributed by atoms with E-state index in [1.54, 1.807) is 0 Å². The average molecular weight is 247 g/mol. The Kier molecular flexibility index (Phi) is 3.19. The fraction of sp³-hybridized carbons (Fsp3) is 0.0625. The molecule has 0 fully saturated rings. The van der Waals surface area contributed by atoms with Gasteiger partial charge in [0.2, 0.25) is 0 Å². The minimum atomic E-state index is 0.211. The summed E-state index contributed by atoms with van der Waals surface area (Å²) in [6.45, 7) is 0.211. The Morgan fingerprint density at radius 2 is 1.32 bits per heavy atom. The van der Waals surface area contributed by atoms with Gasteiger partial charge in [0, 0.05) is 17.0 Å². The Balaban J connectivity index is 2.15. The van der Waals surface area contributed by atoms with Gasteiger partial charge >= 0.3 is 6.85 Å². The first kappa shape index (κ1) is 11.8. The van der Waals surface area contributed by atoms with E-state index in [1.807, 2.05) is 0 Å². The highest BCUT2D eigenvalue weighted by Crippen LogP contribution is 1.91. The number of hydrogen-bond acceptors (Lipinski definition) is 0. The van der Waals surface area contributed by atoms with Gasteiger partial charge in [0.05, 0.1) is 13.2 Å². The summed E-state index contributed by atoms with van der Waals surface area (Å²) in [6.07, 6.45) is 4.18. The van der Waals surface area contributed by atoms with Gasteiger partial charge in [-0.05, 0) is 0 Å². The molecule has 3 aromatic rings. The zero-order valence-electron chi connectivity index (χ0n) is 11.0. The van der Waals surface area contributed by atoms with Gasteiger partial charge in [-0.25, -0.2) is 0 Å². The molecular weight excluding hydrogens is 231 g/mol. The number of hydrogen-bond donors (Lipinski definition) is 0. The molecule has 0 spiro atoms. The maximum Gasteiger partial charge on any atom is 0.582 e. The molecule has 0 saturated heterocycles. The molecule has 0 atom stereocenters. The van der Waals surface area contributed by atoms with E-state index in [-0.39, 0.29) is 6.85 Å². The smallest absolute Gasteiger partial charge is 0.188 e. The van der Waals surface area contributed by atoms with Crippen molar-refractivity contribution in [3.8, 4) is 0 Å². The summed E-state index contributed by atoms with van der Waals surface area (Å²) in [5.74, 6) is 0. The van der Waals surface area contributed by atoms with Crippen LogP contribution in [0.2, 0.25) is 0 Å². The Labute approximate surface area is 114 Å². The van der Waals surface area contributed by atoms with Gasteiger partial charge in [-0.3, -0.25) is 0 Å². The minimum absolute atomic E-state index is 0.211. The second-order valence-corrected chi connectivity index (χ2v) is 4.67. The molecule has 0 radical (unpaired) electrons. The van der Waals surface area contributed by atoms with Crippen LogP contribution >= 0.6 is 0 Å². The van der Waals surface area contributed by atoms with Crippen molar-refractivity contribution in [1.82, 2.24) is 4.68 Å². The van der Waals surface area contributed by atoms with Crippen molar-refractivity contribution >= 4 is 17.8 Å². The average Bonchev–Trinajstić information content (AvgIpc) is 2.88. The summed E-state index contributed by atoms with van der Waals surface area (Å²) in [4.78, 5) is 0. The quantitative estimate of drug-likeness (QED) is 0.610. The molecule has 3 heteroatoms. The molecule has 0 bridgehead atoms. The summed E-state index contributed by atoms with van der Waals surface area (Å²) < 4.78 is 4.36. The van der Waals surface area contributed by atoms with Gasteiger partial charge in [0.1, 0.15) is 0 Å². The maximum absolute atomic E-state index is 2.24. The van der Waals surface area contributed by atoms with Crippen LogP contribution in [0.4, 0.5) is 0 Å². The zero-order chi connectivity index (χ0) is 13.1. The molecule has 0 amide bonds. The fourth-order valence-corrected chi connectivity index (χ4v) is 2.47. The summed E-state index contributed by atoms with van der Waals surface area (Å²) in [5.41, 5.74) is 2.58. The molecular formula is C16H16BN2+. The number of aryl methyl sites for hydroxylation is 1. The molecule has 1 heterocycles. The second-order valence-electron chi connectivity index (χ2n) is 4.67. The third-order valence-electron chi connectivity index (χ3n) is 3.40. The van der Waals surface area contributed by atoms with Crippen LogP contribution in [0.5, 0.6) is 0 Å². The number of nitrogens with zero attached hydrogens (tertiary/aromatic N) is 2. The predicted molar refractivity (Wildman–Crippen MR) is 78.9 cm³/mol. The predicted octanol–water partition coefficient (Wildman–Crippen LogP) is 0.967. The van der Waals surface area contributed by atoms with Crippen LogP contribution < -0.4 is 15.5 Å². The lowest BCUT2D eigenvalue weighted by atomic mass is 9.51. The summed E-state index contributed by atoms with van der Waals surface area (Å²) >= 11 is 0. The van der Waals surface area contributed by atoms with Crippen LogP contribution in [0, 0.1) is 0 Å². The van der Waals surface area contributed by atoms with Crippen molar-refractivity contribution in [1.29, 1.82) is 0 Å². The van der Waals surface area contributed by atoms with Crippen LogP contribution in [0.3, 0.4) is 0 Å². The van der Waals surface area contributed by atoms with E-state index < -0.39 is 0 Å². The van der Waals surface area contributed by atoms with Gasteiger partial charge < -0.3 is 0 Å². The lowest BCUT2D eigenvalue weighted by Crippen LogP contribution is -2.68. The molecule has 0 aliphatic heterocycles. The Bertz CT molecular complexity index is 607. The van der Waals surface area contributed by atoms with Crippen LogP contribution in [-0.2, 0) is 7.05 Å². The normalized spacial score (nSPS) is 10.4. The number of rotatable bonds is 3. The highest BCUT2D eigenvalue weighted by molar-refractivity contribution is 6.78. The van der Waals surface area contributed by atoms with Gasteiger partial charge in [0.25, 0.3) is 0 Å². The van der Waals surface area contributed by atoms with Gasteiger partial charge in [-0.1, -0.05) is 60.7 Å². The Morgan fingerprint density at radius 3 is 1.74 bits per heavy atom. The fourth-order valence-electron chi connectivity index (χ4n) is 2.47. The topological polar surface area (TPSA) is 8.81 Å². The largest absolute Gasteiger partial charge is 0.582 e. The molecule has 0 unspecified atom stereocenters. The minimum Gasteiger partial charge on any atom is -0.188 e. The monoisotopic (exact) mass is 247 g/mol. The van der Waals surface area contributed by atoms with E-state index in [2.05, 4.69) is 95.4 Å². The van der Waals surface area contributed by atoms with Gasteiger partial charge in [-0.15, -0.1) is 0 Å². The van der Waals surface area contributed by atoms with Crippen LogP contribution in [0.25, 0.3) is 0 Å². The van der Waals surface area contributed by atoms with Crippen molar-refractivity contribution < 1.29 is 4.59 Å². The first-order valence-corrected chi connectivity index (χ1v) is 6.49. The highest BCUT2D eigenvalue weighted by Gasteiger charge is 2.35. The first-order chi connectivity index (χ1) is 9.36. The van der Waals surface area contributed by atoms with Gasteiger partial charge in [-0.2, -0.15) is 9.27 Å². The molecule has 92 valence electrons. The Hall–Kier alpha value is -2.29. The third kappa shape index (κ3) is 2.32. The third-order valence-corrected chi connectivity index (χ3v) is 3.40. The first-order valence-electron chi connectivity index (χ1n) is 6.49. The molecule has 3 rings (SSSR count). The van der Waals surface area contributed by atoms with E-state index in [4.69, 9.17) is 0 Å². The SMILES string of the molecule is Cn1ccc[n+]1B(c1ccccc1)c1ccccc1. The van der Waals surface area contributed by atoms with Crippen molar-refractivity contribution in [3.63, 3.8) is 0 Å². The van der Waals surface area contributed by atoms with Crippen LogP contribution in [0.15, 0.2) is 79.1 Å². The lowest BCUT2D eigenvalue weighted by molar-refractivity contribution is -0.625. The van der Waals surface area contributed by atoms with Gasteiger partial charge in [0.15, 0.2) is 6.20 Å². The van der Waals surface area contributed by atoms with Crippen LogP contribution in [0.1, 0.15) is 0 Å². The highest BCUT2D eigenvalue weighted by atomic mass is 15.3. The van der Waals surface area contributed by atoms with E-state index in [1.165, 1.54) is 10.9 Å². The molecule has 2 nitrogen and oxygen atoms in total. The van der Waals surface area contributed by atoms with Crippen molar-refractivity contribution in [2.45, 2.75) is 0 Å². The molecule has 2 aromatic carbocycles. The van der Waals surface area contributed by atoms with Crippen LogP contribution in [-0.4, -0.2) is 11.5 Å². The number of benzene rings is 2. The zero-order valence-corrected chi connectivity index (χ0v) is 11.0. The maximum atomic E-state index is 2.24. The lowest BCUT2D eigenvalue weighted by Gasteiger charge is -2.08. The molecule has 0 saturated carbocycles. The summed E-state index contributed by atoms with van der Waals surface area (Å²) in [5, 5.41) is 0. The standard InChI is InChI=1S/C16H16BN2/c1-18-13-8-14-19(18)17(15-9-4-2-5-10-15)16-11-6-3-7-12-16/h2-14H,1H3/q+1. The summed E-state index contributed by atoms with van der Waals surface area (Å²) in [7, 11) is 2.07. The van der Waals surface area contributed by atoms with E-state index >= 15 is 0 Å². The summed E-state index contributed by atoms with van der Waals surface area (Å²) in [6, 6.07) is 23.3. The second kappa shape index (κ2) is 5.15. The molecule has 19 heavy (non-hydrogen) atoms. The molecule has 1 aromatic heterocycles. The molecule has 0 aliphatic carbocycles. The number of aromatic nitrogens is 2. The van der Waals surface area contributed by atoms with E-state index in [0.29, 0.717) is 0 Å². The van der Waals surface area contributed by atoms with Crippen molar-refractivity contribution in [2.75, 3.05) is 0 Å².